The Morgan fingerprint density at radius 3 is 2.71 bits per heavy atom. The molecule has 1 atom stereocenters. The monoisotopic (exact) mass is 250 g/mol. The maximum absolute atomic E-state index is 5.61. The van der Waals surface area contributed by atoms with Crippen LogP contribution in [-0.2, 0) is 12.8 Å². The average molecular weight is 250 g/mol. The maximum Gasteiger partial charge on any atom is 0.101 e. The third-order valence-corrected chi connectivity index (χ3v) is 4.08. The molecule has 0 radical (unpaired) electrons. The van der Waals surface area contributed by atoms with Crippen LogP contribution in [0.2, 0.25) is 0 Å². The Balaban J connectivity index is 2.09. The van der Waals surface area contributed by atoms with Crippen molar-refractivity contribution in [2.24, 2.45) is 5.84 Å². The lowest BCUT2D eigenvalue weighted by molar-refractivity contribution is 0.512. The first-order valence-electron chi connectivity index (χ1n) is 5.81. The van der Waals surface area contributed by atoms with Crippen molar-refractivity contribution in [1.82, 2.24) is 5.43 Å². The fourth-order valence-electron chi connectivity index (χ4n) is 1.84. The highest BCUT2D eigenvalue weighted by molar-refractivity contribution is 7.11. The standard InChI is InChI=1S/C13H18N2OS/c1-3-11-4-5-12(17-11)7-13(15-14)10-6-9(2)16-8-10/h4-6,8,13,15H,3,7,14H2,1-2H3. The molecule has 0 amide bonds. The molecule has 2 aromatic heterocycles. The second-order valence-corrected chi connectivity index (χ2v) is 5.39. The Morgan fingerprint density at radius 2 is 2.18 bits per heavy atom. The number of nitrogens with one attached hydrogen (secondary N) is 1. The topological polar surface area (TPSA) is 51.2 Å². The van der Waals surface area contributed by atoms with Crippen LogP contribution in [0.3, 0.4) is 0 Å². The van der Waals surface area contributed by atoms with E-state index < -0.39 is 0 Å². The predicted molar refractivity (Wildman–Crippen MR) is 70.9 cm³/mol. The summed E-state index contributed by atoms with van der Waals surface area (Å²) in [4.78, 5) is 2.77. The second kappa shape index (κ2) is 5.49. The van der Waals surface area contributed by atoms with E-state index in [4.69, 9.17) is 10.3 Å². The fraction of sp³-hybridized carbons (Fsp3) is 0.385. The molecule has 92 valence electrons. The SMILES string of the molecule is CCc1ccc(CC(NN)c2coc(C)c2)s1. The molecule has 0 aliphatic heterocycles. The van der Waals surface area contributed by atoms with Crippen LogP contribution in [0.15, 0.2) is 28.9 Å². The summed E-state index contributed by atoms with van der Waals surface area (Å²) < 4.78 is 5.32. The van der Waals surface area contributed by atoms with Crippen LogP contribution in [0, 0.1) is 6.92 Å². The van der Waals surface area contributed by atoms with E-state index in [1.807, 2.05) is 24.3 Å². The number of thiophene rings is 1. The number of nitrogens with two attached hydrogens (primary N) is 1. The van der Waals surface area contributed by atoms with Crippen LogP contribution in [-0.4, -0.2) is 0 Å². The van der Waals surface area contributed by atoms with Crippen LogP contribution in [0.1, 0.15) is 34.0 Å². The summed E-state index contributed by atoms with van der Waals surface area (Å²) in [6.45, 7) is 4.12. The highest BCUT2D eigenvalue weighted by Gasteiger charge is 2.13. The predicted octanol–water partition coefficient (Wildman–Crippen LogP) is 2.96. The van der Waals surface area contributed by atoms with Gasteiger partial charge in [-0.1, -0.05) is 6.92 Å². The maximum atomic E-state index is 5.61. The molecule has 0 saturated carbocycles. The van der Waals surface area contributed by atoms with Gasteiger partial charge in [0.15, 0.2) is 0 Å². The quantitative estimate of drug-likeness (QED) is 0.633. The Labute approximate surface area is 106 Å². The van der Waals surface area contributed by atoms with Crippen LogP contribution in [0.4, 0.5) is 0 Å². The summed E-state index contributed by atoms with van der Waals surface area (Å²) in [5.41, 5.74) is 3.96. The fourth-order valence-corrected chi connectivity index (χ4v) is 2.85. The summed E-state index contributed by atoms with van der Waals surface area (Å²) in [6, 6.07) is 6.52. The number of aryl methyl sites for hydroxylation is 2. The molecular weight excluding hydrogens is 232 g/mol. The summed E-state index contributed by atoms with van der Waals surface area (Å²) in [5.74, 6) is 6.53. The Hall–Kier alpha value is -1.10. The van der Waals surface area contributed by atoms with Crippen molar-refractivity contribution < 1.29 is 4.42 Å². The van der Waals surface area contributed by atoms with Crippen molar-refractivity contribution >= 4 is 11.3 Å². The van der Waals surface area contributed by atoms with Crippen LogP contribution < -0.4 is 11.3 Å². The third kappa shape index (κ3) is 2.97. The highest BCUT2D eigenvalue weighted by atomic mass is 32.1. The molecular formula is C13H18N2OS. The minimum absolute atomic E-state index is 0.121. The van der Waals surface area contributed by atoms with E-state index in [9.17, 15) is 0 Å². The molecule has 4 heteroatoms. The largest absolute Gasteiger partial charge is 0.469 e. The lowest BCUT2D eigenvalue weighted by Gasteiger charge is -2.12. The van der Waals surface area contributed by atoms with E-state index in [-0.39, 0.29) is 6.04 Å². The molecule has 0 aromatic carbocycles. The zero-order valence-corrected chi connectivity index (χ0v) is 11.0. The number of hydrazine groups is 1. The minimum Gasteiger partial charge on any atom is -0.469 e. The zero-order chi connectivity index (χ0) is 12.3. The first-order valence-corrected chi connectivity index (χ1v) is 6.63. The van der Waals surface area contributed by atoms with E-state index in [0.29, 0.717) is 0 Å². The smallest absolute Gasteiger partial charge is 0.101 e. The highest BCUT2D eigenvalue weighted by Crippen LogP contribution is 2.24. The Morgan fingerprint density at radius 1 is 1.41 bits per heavy atom. The molecule has 0 saturated heterocycles. The lowest BCUT2D eigenvalue weighted by atomic mass is 10.1. The molecule has 0 bridgehead atoms. The van der Waals surface area contributed by atoms with E-state index in [1.54, 1.807) is 6.26 Å². The van der Waals surface area contributed by atoms with Gasteiger partial charge in [-0.15, -0.1) is 11.3 Å². The number of rotatable bonds is 5. The van der Waals surface area contributed by atoms with Crippen molar-refractivity contribution in [3.05, 3.63) is 45.5 Å². The van der Waals surface area contributed by atoms with Gasteiger partial charge in [-0.3, -0.25) is 11.3 Å². The Kier molecular flexibility index (Phi) is 3.99. The van der Waals surface area contributed by atoms with E-state index >= 15 is 0 Å². The molecule has 1 unspecified atom stereocenters. The van der Waals surface area contributed by atoms with Gasteiger partial charge in [0.25, 0.3) is 0 Å². The van der Waals surface area contributed by atoms with Gasteiger partial charge in [-0.2, -0.15) is 0 Å². The number of hydrogen-bond donors (Lipinski definition) is 2. The van der Waals surface area contributed by atoms with Gasteiger partial charge >= 0.3 is 0 Å². The van der Waals surface area contributed by atoms with Gasteiger partial charge in [0.05, 0.1) is 12.3 Å². The van der Waals surface area contributed by atoms with E-state index in [1.165, 1.54) is 9.75 Å². The third-order valence-electron chi connectivity index (χ3n) is 2.83. The van der Waals surface area contributed by atoms with E-state index in [2.05, 4.69) is 24.5 Å². The minimum atomic E-state index is 0.121. The van der Waals surface area contributed by atoms with E-state index in [0.717, 1.165) is 24.2 Å². The van der Waals surface area contributed by atoms with Crippen molar-refractivity contribution in [2.75, 3.05) is 0 Å². The lowest BCUT2D eigenvalue weighted by Crippen LogP contribution is -2.29. The van der Waals surface area contributed by atoms with Gasteiger partial charge in [-0.25, -0.2) is 0 Å². The molecule has 2 rings (SSSR count). The molecule has 0 fully saturated rings. The first kappa shape index (κ1) is 12.4. The van der Waals surface area contributed by atoms with Crippen LogP contribution in [0.5, 0.6) is 0 Å². The number of hydrogen-bond acceptors (Lipinski definition) is 4. The second-order valence-electron chi connectivity index (χ2n) is 4.14. The molecule has 2 aromatic rings. The van der Waals surface area contributed by atoms with Gasteiger partial charge in [0.2, 0.25) is 0 Å². The molecule has 0 aliphatic carbocycles. The molecule has 2 heterocycles. The van der Waals surface area contributed by atoms with Gasteiger partial charge in [-0.05, 0) is 31.5 Å². The van der Waals surface area contributed by atoms with Gasteiger partial charge in [0, 0.05) is 21.7 Å². The summed E-state index contributed by atoms with van der Waals surface area (Å²) in [5, 5.41) is 0. The normalized spacial score (nSPS) is 12.9. The molecule has 0 aliphatic rings. The van der Waals surface area contributed by atoms with Crippen molar-refractivity contribution in [1.29, 1.82) is 0 Å². The first-order chi connectivity index (χ1) is 8.22. The zero-order valence-electron chi connectivity index (χ0n) is 10.2. The summed E-state index contributed by atoms with van der Waals surface area (Å²) >= 11 is 1.85. The Bertz CT molecular complexity index is 475. The van der Waals surface area contributed by atoms with Crippen molar-refractivity contribution in [2.45, 2.75) is 32.7 Å². The molecule has 0 spiro atoms. The molecule has 3 nitrogen and oxygen atoms in total. The van der Waals surface area contributed by atoms with Crippen LogP contribution in [0.25, 0.3) is 0 Å². The molecule has 17 heavy (non-hydrogen) atoms. The van der Waals surface area contributed by atoms with Crippen LogP contribution >= 0.6 is 11.3 Å². The molecule has 3 N–H and O–H groups in total. The number of furan rings is 1. The summed E-state index contributed by atoms with van der Waals surface area (Å²) in [6.07, 6.45) is 3.77. The van der Waals surface area contributed by atoms with Gasteiger partial charge in [0.1, 0.15) is 5.76 Å². The summed E-state index contributed by atoms with van der Waals surface area (Å²) in [7, 11) is 0. The van der Waals surface area contributed by atoms with Crippen molar-refractivity contribution in [3.63, 3.8) is 0 Å². The average Bonchev–Trinajstić information content (AvgIpc) is 2.94. The van der Waals surface area contributed by atoms with Gasteiger partial charge < -0.3 is 4.42 Å². The van der Waals surface area contributed by atoms with Crippen molar-refractivity contribution in [3.8, 4) is 0 Å².